The molecule has 0 radical (unpaired) electrons. The van der Waals surface area contributed by atoms with Crippen LogP contribution in [-0.2, 0) is 0 Å². The smallest absolute Gasteiger partial charge is 0.271 e. The lowest BCUT2D eigenvalue weighted by Gasteiger charge is -2.07. The van der Waals surface area contributed by atoms with Crippen molar-refractivity contribution in [2.45, 2.75) is 6.92 Å². The summed E-state index contributed by atoms with van der Waals surface area (Å²) in [5.74, 6) is -0.611. The lowest BCUT2D eigenvalue weighted by atomic mass is 10.1. The van der Waals surface area contributed by atoms with Crippen LogP contribution in [0, 0.1) is 6.92 Å². The van der Waals surface area contributed by atoms with E-state index in [1.807, 2.05) is 37.3 Å². The van der Waals surface area contributed by atoms with Crippen molar-refractivity contribution in [3.05, 3.63) is 99.5 Å². The van der Waals surface area contributed by atoms with Crippen LogP contribution in [0.25, 0.3) is 0 Å². The van der Waals surface area contributed by atoms with E-state index in [9.17, 15) is 9.59 Å². The van der Waals surface area contributed by atoms with Crippen LogP contribution in [0.5, 0.6) is 0 Å². The lowest BCUT2D eigenvalue weighted by molar-refractivity contribution is 0.0953. The number of nitrogens with zero attached hydrogens (tertiary/aromatic N) is 1. The maximum absolute atomic E-state index is 12.4. The molecule has 0 aromatic heterocycles. The van der Waals surface area contributed by atoms with Gasteiger partial charge in [0, 0.05) is 21.3 Å². The highest BCUT2D eigenvalue weighted by Gasteiger charge is 2.09. The standard InChI is InChI=1S/C22H18BrN3O2/c1-15-6-2-3-7-18(15)14-24-26-22(28)17-9-5-11-20(13-17)25-21(27)16-8-4-10-19(23)12-16/h2-14H,1H3,(H,25,27)(H,26,28). The number of hydrazone groups is 1. The molecular formula is C22H18BrN3O2. The van der Waals surface area contributed by atoms with E-state index >= 15 is 0 Å². The molecule has 3 aromatic rings. The summed E-state index contributed by atoms with van der Waals surface area (Å²) in [6.07, 6.45) is 1.60. The van der Waals surface area contributed by atoms with Crippen LogP contribution < -0.4 is 10.7 Å². The normalized spacial score (nSPS) is 10.6. The number of benzene rings is 3. The molecule has 0 aliphatic carbocycles. The Hall–Kier alpha value is -3.25. The maximum Gasteiger partial charge on any atom is 0.271 e. The van der Waals surface area contributed by atoms with E-state index in [0.29, 0.717) is 16.8 Å². The van der Waals surface area contributed by atoms with E-state index in [4.69, 9.17) is 0 Å². The number of hydrogen-bond donors (Lipinski definition) is 2. The Balaban J connectivity index is 1.66. The molecule has 0 bridgehead atoms. The number of amides is 2. The third-order valence-electron chi connectivity index (χ3n) is 4.03. The largest absolute Gasteiger partial charge is 0.322 e. The van der Waals surface area contributed by atoms with Gasteiger partial charge in [-0.2, -0.15) is 5.10 Å². The van der Waals surface area contributed by atoms with E-state index < -0.39 is 0 Å². The molecule has 0 spiro atoms. The first-order valence-corrected chi connectivity index (χ1v) is 9.38. The van der Waals surface area contributed by atoms with Crippen LogP contribution in [0.2, 0.25) is 0 Å². The average Bonchev–Trinajstić information content (AvgIpc) is 2.69. The molecule has 0 saturated heterocycles. The highest BCUT2D eigenvalue weighted by molar-refractivity contribution is 9.10. The minimum Gasteiger partial charge on any atom is -0.322 e. The van der Waals surface area contributed by atoms with Gasteiger partial charge >= 0.3 is 0 Å². The monoisotopic (exact) mass is 435 g/mol. The molecule has 6 heteroatoms. The SMILES string of the molecule is Cc1ccccc1C=NNC(=O)c1cccc(NC(=O)c2cccc(Br)c2)c1. The first kappa shape index (κ1) is 19.5. The van der Waals surface area contributed by atoms with Crippen LogP contribution in [0.15, 0.2) is 82.4 Å². The molecule has 0 aliphatic rings. The van der Waals surface area contributed by atoms with Crippen molar-refractivity contribution in [2.24, 2.45) is 5.10 Å². The van der Waals surface area contributed by atoms with E-state index in [-0.39, 0.29) is 11.8 Å². The van der Waals surface area contributed by atoms with Gasteiger partial charge in [0.25, 0.3) is 11.8 Å². The fraction of sp³-hybridized carbons (Fsp3) is 0.0455. The van der Waals surface area contributed by atoms with E-state index in [2.05, 4.69) is 31.8 Å². The highest BCUT2D eigenvalue weighted by Crippen LogP contribution is 2.15. The molecule has 3 rings (SSSR count). The molecule has 0 fully saturated rings. The summed E-state index contributed by atoms with van der Waals surface area (Å²) in [4.78, 5) is 24.7. The summed E-state index contributed by atoms with van der Waals surface area (Å²) in [5.41, 5.74) is 5.95. The van der Waals surface area contributed by atoms with Crippen molar-refractivity contribution in [3.63, 3.8) is 0 Å². The quantitative estimate of drug-likeness (QED) is 0.447. The number of halogens is 1. The second-order valence-electron chi connectivity index (χ2n) is 6.10. The Bertz CT molecular complexity index is 1050. The van der Waals surface area contributed by atoms with Gasteiger partial charge in [-0.15, -0.1) is 0 Å². The zero-order valence-corrected chi connectivity index (χ0v) is 16.7. The van der Waals surface area contributed by atoms with Gasteiger partial charge < -0.3 is 5.32 Å². The molecule has 0 aliphatic heterocycles. The first-order chi connectivity index (χ1) is 13.5. The summed E-state index contributed by atoms with van der Waals surface area (Å²) >= 11 is 3.35. The van der Waals surface area contributed by atoms with Crippen LogP contribution in [-0.4, -0.2) is 18.0 Å². The maximum atomic E-state index is 12.4. The highest BCUT2D eigenvalue weighted by atomic mass is 79.9. The number of aryl methyl sites for hydroxylation is 1. The van der Waals surface area contributed by atoms with Gasteiger partial charge in [0.15, 0.2) is 0 Å². The van der Waals surface area contributed by atoms with Gasteiger partial charge in [-0.25, -0.2) is 5.43 Å². The van der Waals surface area contributed by atoms with Crippen molar-refractivity contribution < 1.29 is 9.59 Å². The van der Waals surface area contributed by atoms with E-state index in [1.54, 1.807) is 48.7 Å². The topological polar surface area (TPSA) is 70.6 Å². The number of carbonyl (C=O) groups is 2. The summed E-state index contributed by atoms with van der Waals surface area (Å²) in [7, 11) is 0. The summed E-state index contributed by atoms with van der Waals surface area (Å²) < 4.78 is 0.819. The van der Waals surface area contributed by atoms with E-state index in [0.717, 1.165) is 15.6 Å². The van der Waals surface area contributed by atoms with Gasteiger partial charge in [0.1, 0.15) is 0 Å². The molecule has 28 heavy (non-hydrogen) atoms. The third-order valence-corrected chi connectivity index (χ3v) is 4.52. The van der Waals surface area contributed by atoms with Crippen molar-refractivity contribution >= 4 is 39.6 Å². The summed E-state index contributed by atoms with van der Waals surface area (Å²) in [6, 6.07) is 21.5. The Morgan fingerprint density at radius 3 is 2.36 bits per heavy atom. The molecular weight excluding hydrogens is 418 g/mol. The number of nitrogens with one attached hydrogen (secondary N) is 2. The van der Waals surface area contributed by atoms with Gasteiger partial charge in [0.2, 0.25) is 0 Å². The molecule has 0 unspecified atom stereocenters. The van der Waals surface area contributed by atoms with Crippen LogP contribution in [0.1, 0.15) is 31.8 Å². The molecule has 2 amide bonds. The Labute approximate surface area is 171 Å². The predicted molar refractivity (Wildman–Crippen MR) is 115 cm³/mol. The Kier molecular flexibility index (Phi) is 6.34. The molecule has 0 atom stereocenters. The molecule has 0 saturated carbocycles. The van der Waals surface area contributed by atoms with Gasteiger partial charge in [0.05, 0.1) is 6.21 Å². The lowest BCUT2D eigenvalue weighted by Crippen LogP contribution is -2.18. The number of rotatable bonds is 5. The minimum absolute atomic E-state index is 0.253. The van der Waals surface area contributed by atoms with Crippen LogP contribution in [0.3, 0.4) is 0 Å². The van der Waals surface area contributed by atoms with Gasteiger partial charge in [-0.1, -0.05) is 52.3 Å². The fourth-order valence-electron chi connectivity index (χ4n) is 2.53. The van der Waals surface area contributed by atoms with Crippen molar-refractivity contribution in [2.75, 3.05) is 5.32 Å². The zero-order valence-electron chi connectivity index (χ0n) is 15.1. The van der Waals surface area contributed by atoms with Crippen LogP contribution >= 0.6 is 15.9 Å². The first-order valence-electron chi connectivity index (χ1n) is 8.59. The number of anilines is 1. The van der Waals surface area contributed by atoms with Crippen molar-refractivity contribution in [1.82, 2.24) is 5.43 Å². The molecule has 5 nitrogen and oxygen atoms in total. The predicted octanol–water partition coefficient (Wildman–Crippen LogP) is 4.77. The third kappa shape index (κ3) is 5.14. The van der Waals surface area contributed by atoms with Crippen LogP contribution in [0.4, 0.5) is 5.69 Å². The fourth-order valence-corrected chi connectivity index (χ4v) is 2.93. The van der Waals surface area contributed by atoms with E-state index in [1.165, 1.54) is 0 Å². The molecule has 140 valence electrons. The van der Waals surface area contributed by atoms with Gasteiger partial charge in [-0.05, 0) is 54.4 Å². The summed E-state index contributed by atoms with van der Waals surface area (Å²) in [5, 5.41) is 6.80. The summed E-state index contributed by atoms with van der Waals surface area (Å²) in [6.45, 7) is 1.97. The average molecular weight is 436 g/mol. The number of hydrogen-bond acceptors (Lipinski definition) is 3. The number of carbonyl (C=O) groups excluding carboxylic acids is 2. The second kappa shape index (κ2) is 9.10. The molecule has 3 aromatic carbocycles. The Morgan fingerprint density at radius 1 is 0.893 bits per heavy atom. The van der Waals surface area contributed by atoms with Crippen molar-refractivity contribution in [3.8, 4) is 0 Å². The Morgan fingerprint density at radius 2 is 1.61 bits per heavy atom. The second-order valence-corrected chi connectivity index (χ2v) is 7.02. The zero-order chi connectivity index (χ0) is 19.9. The molecule has 2 N–H and O–H groups in total. The minimum atomic E-state index is -0.358. The van der Waals surface area contributed by atoms with Crippen molar-refractivity contribution in [1.29, 1.82) is 0 Å². The molecule has 0 heterocycles. The van der Waals surface area contributed by atoms with Gasteiger partial charge in [-0.3, -0.25) is 9.59 Å².